The largest absolute Gasteiger partial charge is 0.338 e. The van der Waals surface area contributed by atoms with Crippen molar-refractivity contribution in [3.05, 3.63) is 95.6 Å². The molecule has 0 spiro atoms. The van der Waals surface area contributed by atoms with Crippen LogP contribution in [0.15, 0.2) is 78.9 Å². The van der Waals surface area contributed by atoms with Crippen molar-refractivity contribution in [3.8, 4) is 11.1 Å². The van der Waals surface area contributed by atoms with E-state index in [-0.39, 0.29) is 31.6 Å². The summed E-state index contributed by atoms with van der Waals surface area (Å²) in [6.45, 7) is 2.52. The molecule has 1 saturated carbocycles. The van der Waals surface area contributed by atoms with Crippen LogP contribution >= 0.6 is 0 Å². The summed E-state index contributed by atoms with van der Waals surface area (Å²) >= 11 is 0. The molecule has 0 aromatic heterocycles. The fraction of sp³-hybridized carbons (Fsp3) is 0.364. The van der Waals surface area contributed by atoms with Crippen LogP contribution in [0.4, 0.5) is 0 Å². The zero-order valence-electron chi connectivity index (χ0n) is 23.2. The standard InChI is InChI=1S/C33H39N3O4/c1-2-25-14-8-15-28(18-25)29-16-9-17-30(20-29)32(38)34-23-35-33(39)31(19-26-10-6-7-11-26)21-36(24-37)40-22-27-12-4-3-5-13-27/h3-5,8-9,12-18,20,24,26,31H,2,6-7,10-11,19,21-23H2,1H3,(H,34,38)(H,35,39)/t31-/m1/s1. The molecule has 7 nitrogen and oxygen atoms in total. The smallest absolute Gasteiger partial charge is 0.252 e. The van der Waals surface area contributed by atoms with Crippen LogP contribution in [0.3, 0.4) is 0 Å². The summed E-state index contributed by atoms with van der Waals surface area (Å²) in [7, 11) is 0. The Kier molecular flexibility index (Phi) is 10.9. The highest BCUT2D eigenvalue weighted by molar-refractivity contribution is 5.95. The number of nitrogens with zero attached hydrogens (tertiary/aromatic N) is 1. The number of hydroxylamine groups is 2. The van der Waals surface area contributed by atoms with Crippen LogP contribution in [-0.2, 0) is 27.5 Å². The first kappa shape index (κ1) is 29.0. The average molecular weight is 542 g/mol. The van der Waals surface area contributed by atoms with E-state index in [2.05, 4.69) is 29.7 Å². The SMILES string of the molecule is CCc1cccc(-c2cccc(C(=O)NCNC(=O)[C@H](CC3CCCC3)CN(C=O)OCc3ccccc3)c2)c1. The van der Waals surface area contributed by atoms with Crippen molar-refractivity contribution >= 4 is 18.2 Å². The maximum absolute atomic E-state index is 13.2. The van der Waals surface area contributed by atoms with Crippen LogP contribution in [0.25, 0.3) is 11.1 Å². The molecular formula is C33H39N3O4. The van der Waals surface area contributed by atoms with Crippen LogP contribution < -0.4 is 10.6 Å². The summed E-state index contributed by atoms with van der Waals surface area (Å²) < 4.78 is 0. The number of carbonyl (C=O) groups excluding carboxylic acids is 3. The maximum atomic E-state index is 13.2. The molecule has 3 aromatic rings. The van der Waals surface area contributed by atoms with Crippen molar-refractivity contribution < 1.29 is 19.2 Å². The Morgan fingerprint density at radius 1 is 0.925 bits per heavy atom. The van der Waals surface area contributed by atoms with Crippen LogP contribution in [0.5, 0.6) is 0 Å². The van der Waals surface area contributed by atoms with Gasteiger partial charge in [0.15, 0.2) is 0 Å². The molecule has 1 atom stereocenters. The zero-order chi connectivity index (χ0) is 28.2. The molecule has 1 aliphatic carbocycles. The summed E-state index contributed by atoms with van der Waals surface area (Å²) in [5, 5.41) is 6.87. The van der Waals surface area contributed by atoms with E-state index in [1.54, 1.807) is 6.07 Å². The van der Waals surface area contributed by atoms with Gasteiger partial charge in [0.25, 0.3) is 5.91 Å². The molecule has 7 heteroatoms. The Balaban J connectivity index is 1.33. The van der Waals surface area contributed by atoms with E-state index in [9.17, 15) is 14.4 Å². The monoisotopic (exact) mass is 541 g/mol. The second-order valence-corrected chi connectivity index (χ2v) is 10.4. The van der Waals surface area contributed by atoms with Crippen LogP contribution in [0.1, 0.15) is 60.5 Å². The molecule has 3 amide bonds. The molecule has 1 fully saturated rings. The Labute approximate surface area is 236 Å². The predicted molar refractivity (Wildman–Crippen MR) is 156 cm³/mol. The summed E-state index contributed by atoms with van der Waals surface area (Å²) in [5.41, 5.74) is 4.73. The number of amides is 3. The molecule has 0 saturated heterocycles. The lowest BCUT2D eigenvalue weighted by molar-refractivity contribution is -0.182. The van der Waals surface area contributed by atoms with Gasteiger partial charge in [-0.25, -0.2) is 5.06 Å². The van der Waals surface area contributed by atoms with Gasteiger partial charge in [0.05, 0.1) is 19.1 Å². The molecule has 40 heavy (non-hydrogen) atoms. The second-order valence-electron chi connectivity index (χ2n) is 10.4. The number of hydrogen-bond donors (Lipinski definition) is 2. The van der Waals surface area contributed by atoms with Gasteiger partial charge in [-0.15, -0.1) is 0 Å². The highest BCUT2D eigenvalue weighted by atomic mass is 16.7. The summed E-state index contributed by atoms with van der Waals surface area (Å²) in [6.07, 6.45) is 6.76. The Morgan fingerprint density at radius 2 is 1.62 bits per heavy atom. The molecule has 2 N–H and O–H groups in total. The Morgan fingerprint density at radius 3 is 2.35 bits per heavy atom. The van der Waals surface area contributed by atoms with Crippen molar-refractivity contribution in [2.24, 2.45) is 11.8 Å². The van der Waals surface area contributed by atoms with Gasteiger partial charge >= 0.3 is 0 Å². The fourth-order valence-corrected chi connectivity index (χ4v) is 5.26. The minimum absolute atomic E-state index is 0.000340. The highest BCUT2D eigenvalue weighted by Crippen LogP contribution is 2.31. The number of hydrogen-bond acceptors (Lipinski definition) is 4. The molecule has 4 rings (SSSR count). The molecular weight excluding hydrogens is 502 g/mol. The molecule has 0 radical (unpaired) electrons. The molecule has 3 aromatic carbocycles. The van der Waals surface area contributed by atoms with Gasteiger partial charge in [0.1, 0.15) is 6.61 Å². The van der Waals surface area contributed by atoms with E-state index in [1.807, 2.05) is 60.7 Å². The van der Waals surface area contributed by atoms with Crippen LogP contribution in [0, 0.1) is 11.8 Å². The van der Waals surface area contributed by atoms with Crippen molar-refractivity contribution in [2.75, 3.05) is 13.2 Å². The van der Waals surface area contributed by atoms with Crippen molar-refractivity contribution in [3.63, 3.8) is 0 Å². The summed E-state index contributed by atoms with van der Waals surface area (Å²) in [4.78, 5) is 43.6. The minimum atomic E-state index is -0.435. The summed E-state index contributed by atoms with van der Waals surface area (Å²) in [5.74, 6) is -0.452. The van der Waals surface area contributed by atoms with Gasteiger partial charge in [0.2, 0.25) is 12.3 Å². The molecule has 0 unspecified atom stereocenters. The normalized spacial score (nSPS) is 13.9. The quantitative estimate of drug-likeness (QED) is 0.160. The van der Waals surface area contributed by atoms with E-state index in [0.717, 1.165) is 36.0 Å². The van der Waals surface area contributed by atoms with Crippen LogP contribution in [-0.4, -0.2) is 36.5 Å². The lowest BCUT2D eigenvalue weighted by Gasteiger charge is -2.25. The van der Waals surface area contributed by atoms with Gasteiger partial charge in [-0.05, 0) is 53.1 Å². The van der Waals surface area contributed by atoms with Crippen molar-refractivity contribution in [2.45, 2.75) is 52.1 Å². The number of aryl methyl sites for hydroxylation is 1. The van der Waals surface area contributed by atoms with Crippen LogP contribution in [0.2, 0.25) is 0 Å². The fourth-order valence-electron chi connectivity index (χ4n) is 5.26. The molecule has 210 valence electrons. The topological polar surface area (TPSA) is 87.7 Å². The van der Waals surface area contributed by atoms with Crippen molar-refractivity contribution in [1.82, 2.24) is 15.7 Å². The van der Waals surface area contributed by atoms with Gasteiger partial charge in [-0.1, -0.05) is 99.3 Å². The van der Waals surface area contributed by atoms with Gasteiger partial charge in [0, 0.05) is 5.56 Å². The van der Waals surface area contributed by atoms with E-state index >= 15 is 0 Å². The average Bonchev–Trinajstić information content (AvgIpc) is 3.52. The van der Waals surface area contributed by atoms with Gasteiger partial charge in [-0.3, -0.25) is 19.2 Å². The third kappa shape index (κ3) is 8.52. The predicted octanol–water partition coefficient (Wildman–Crippen LogP) is 5.51. The Bertz CT molecular complexity index is 1260. The first-order valence-corrected chi connectivity index (χ1v) is 14.2. The maximum Gasteiger partial charge on any atom is 0.252 e. The minimum Gasteiger partial charge on any atom is -0.338 e. The van der Waals surface area contributed by atoms with E-state index < -0.39 is 5.92 Å². The first-order valence-electron chi connectivity index (χ1n) is 14.2. The molecule has 0 aliphatic heterocycles. The summed E-state index contributed by atoms with van der Waals surface area (Å²) in [6, 6.07) is 25.3. The number of benzene rings is 3. The van der Waals surface area contributed by atoms with Gasteiger partial charge in [-0.2, -0.15) is 0 Å². The third-order valence-electron chi connectivity index (χ3n) is 7.53. The Hall–Kier alpha value is -3.97. The highest BCUT2D eigenvalue weighted by Gasteiger charge is 2.27. The first-order chi connectivity index (χ1) is 19.6. The number of nitrogens with one attached hydrogen (secondary N) is 2. The van der Waals surface area contributed by atoms with Crippen molar-refractivity contribution in [1.29, 1.82) is 0 Å². The van der Waals surface area contributed by atoms with Gasteiger partial charge < -0.3 is 10.6 Å². The molecule has 0 bridgehead atoms. The molecule has 0 heterocycles. The lowest BCUT2D eigenvalue weighted by atomic mass is 9.92. The van der Waals surface area contributed by atoms with E-state index in [0.29, 0.717) is 24.3 Å². The zero-order valence-corrected chi connectivity index (χ0v) is 23.2. The number of carbonyl (C=O) groups is 3. The lowest BCUT2D eigenvalue weighted by Crippen LogP contribution is -2.43. The van der Waals surface area contributed by atoms with E-state index in [4.69, 9.17) is 4.84 Å². The number of rotatable bonds is 14. The molecule has 1 aliphatic rings. The van der Waals surface area contributed by atoms with E-state index in [1.165, 1.54) is 23.5 Å². The third-order valence-corrected chi connectivity index (χ3v) is 7.53. The second kappa shape index (κ2) is 15.0.